The smallest absolute Gasteiger partial charge is 0.434 e. The van der Waals surface area contributed by atoms with Gasteiger partial charge < -0.3 is 18.9 Å². The normalized spacial score (nSPS) is 11.1. The van der Waals surface area contributed by atoms with Crippen LogP contribution < -0.4 is 14.2 Å². The summed E-state index contributed by atoms with van der Waals surface area (Å²) in [6, 6.07) is 9.26. The van der Waals surface area contributed by atoms with E-state index in [1.165, 1.54) is 19.2 Å². The summed E-state index contributed by atoms with van der Waals surface area (Å²) in [5, 5.41) is 14.3. The zero-order valence-electron chi connectivity index (χ0n) is 17.5. The highest BCUT2D eigenvalue weighted by atomic mass is 35.5. The Balaban J connectivity index is 1.94. The molecule has 10 nitrogen and oxygen atoms in total. The van der Waals surface area contributed by atoms with Crippen molar-refractivity contribution in [2.24, 2.45) is 7.05 Å². The third-order valence-corrected chi connectivity index (χ3v) is 4.55. The number of nitrogens with zero attached hydrogens (tertiary/aromatic N) is 3. The predicted molar refractivity (Wildman–Crippen MR) is 110 cm³/mol. The summed E-state index contributed by atoms with van der Waals surface area (Å²) in [5.41, 5.74) is -1.70. The van der Waals surface area contributed by atoms with Gasteiger partial charge in [0, 0.05) is 19.2 Å². The number of rotatable bonds is 8. The highest BCUT2D eigenvalue weighted by Gasteiger charge is 2.39. The molecule has 0 saturated heterocycles. The molecular formula is C20H15ClF3N3O7. The van der Waals surface area contributed by atoms with Crippen molar-refractivity contribution in [3.8, 4) is 28.9 Å². The molecule has 0 amide bonds. The molecule has 0 N–H and O–H groups in total. The number of methoxy groups -OCH3 is 1. The summed E-state index contributed by atoms with van der Waals surface area (Å²) in [4.78, 5) is 22.1. The van der Waals surface area contributed by atoms with E-state index in [4.69, 9.17) is 25.8 Å². The van der Waals surface area contributed by atoms with Gasteiger partial charge in [0.1, 0.15) is 10.8 Å². The molecule has 0 aliphatic carbocycles. The van der Waals surface area contributed by atoms with Crippen LogP contribution in [0.25, 0.3) is 0 Å². The van der Waals surface area contributed by atoms with E-state index in [1.807, 2.05) is 0 Å². The number of esters is 1. The molecule has 0 bridgehead atoms. The number of halogens is 4. The third-order valence-electron chi connectivity index (χ3n) is 4.21. The lowest BCUT2D eigenvalue weighted by atomic mass is 10.2. The van der Waals surface area contributed by atoms with Gasteiger partial charge in [-0.2, -0.15) is 13.2 Å². The van der Waals surface area contributed by atoms with Crippen LogP contribution in [0.1, 0.15) is 5.69 Å². The van der Waals surface area contributed by atoms with Gasteiger partial charge >= 0.3 is 17.8 Å². The van der Waals surface area contributed by atoms with Crippen molar-refractivity contribution in [1.29, 1.82) is 0 Å². The van der Waals surface area contributed by atoms with Crippen molar-refractivity contribution in [1.82, 2.24) is 9.78 Å². The fourth-order valence-electron chi connectivity index (χ4n) is 2.72. The van der Waals surface area contributed by atoms with E-state index < -0.39 is 46.0 Å². The van der Waals surface area contributed by atoms with E-state index >= 15 is 0 Å². The number of nitro groups is 1. The molecule has 180 valence electrons. The number of carbonyl (C=O) groups is 1. The van der Waals surface area contributed by atoms with Crippen LogP contribution in [0.4, 0.5) is 18.9 Å². The lowest BCUT2D eigenvalue weighted by molar-refractivity contribution is -0.385. The molecule has 0 radical (unpaired) electrons. The van der Waals surface area contributed by atoms with Crippen LogP contribution in [0, 0.1) is 10.1 Å². The Bertz CT molecular complexity index is 1230. The number of nitro benzene ring substituents is 1. The second kappa shape index (κ2) is 9.87. The largest absolute Gasteiger partial charge is 0.478 e. The van der Waals surface area contributed by atoms with E-state index in [0.717, 1.165) is 25.2 Å². The number of carbonyl (C=O) groups excluding carboxylic acids is 1. The fraction of sp³-hybridized carbons (Fsp3) is 0.200. The summed E-state index contributed by atoms with van der Waals surface area (Å²) < 4.78 is 60.7. The predicted octanol–water partition coefficient (Wildman–Crippen LogP) is 5.14. The van der Waals surface area contributed by atoms with E-state index in [9.17, 15) is 28.1 Å². The molecule has 0 saturated carbocycles. The first-order valence-electron chi connectivity index (χ1n) is 9.23. The lowest BCUT2D eigenvalue weighted by Crippen LogP contribution is -2.12. The maximum atomic E-state index is 13.1. The molecule has 1 aromatic heterocycles. The third kappa shape index (κ3) is 5.49. The number of para-hydroxylation sites is 2. The average Bonchev–Trinajstić information content (AvgIpc) is 3.05. The van der Waals surface area contributed by atoms with Crippen molar-refractivity contribution in [3.05, 3.63) is 63.3 Å². The molecule has 34 heavy (non-hydrogen) atoms. The molecular weight excluding hydrogens is 487 g/mol. The van der Waals surface area contributed by atoms with Crippen LogP contribution in [0.3, 0.4) is 0 Å². The van der Waals surface area contributed by atoms with Gasteiger partial charge in [-0.15, -0.1) is 5.10 Å². The van der Waals surface area contributed by atoms with Crippen LogP contribution in [-0.4, -0.2) is 34.4 Å². The van der Waals surface area contributed by atoms with Crippen molar-refractivity contribution < 1.29 is 41.8 Å². The zero-order chi connectivity index (χ0) is 25.0. The fourth-order valence-corrected chi connectivity index (χ4v) is 3.02. The molecule has 2 aromatic carbocycles. The van der Waals surface area contributed by atoms with E-state index in [0.29, 0.717) is 4.68 Å². The summed E-state index contributed by atoms with van der Waals surface area (Å²) in [5.74, 6) is -1.58. The minimum absolute atomic E-state index is 0.0156. The van der Waals surface area contributed by atoms with Crippen LogP contribution in [0.5, 0.6) is 28.9 Å². The zero-order valence-corrected chi connectivity index (χ0v) is 18.2. The molecule has 0 spiro atoms. The molecule has 0 atom stereocenters. The first kappa shape index (κ1) is 24.6. The number of benzene rings is 2. The summed E-state index contributed by atoms with van der Waals surface area (Å²) >= 11 is 5.79. The molecule has 0 unspecified atom stereocenters. The number of hydrogen-bond donors (Lipinski definition) is 0. The van der Waals surface area contributed by atoms with Crippen molar-refractivity contribution in [3.63, 3.8) is 0 Å². The Morgan fingerprint density at radius 1 is 1.15 bits per heavy atom. The molecule has 0 aliphatic heterocycles. The molecule has 3 rings (SSSR count). The first-order chi connectivity index (χ1) is 16.0. The summed E-state index contributed by atoms with van der Waals surface area (Å²) in [6.07, 6.45) is -4.78. The van der Waals surface area contributed by atoms with Crippen molar-refractivity contribution in [2.45, 2.75) is 6.18 Å². The van der Waals surface area contributed by atoms with Gasteiger partial charge in [-0.3, -0.25) is 14.8 Å². The molecule has 14 heteroatoms. The van der Waals surface area contributed by atoms with E-state index in [-0.39, 0.29) is 23.0 Å². The van der Waals surface area contributed by atoms with Crippen molar-refractivity contribution in [2.75, 3.05) is 13.7 Å². The average molecular weight is 502 g/mol. The molecule has 1 heterocycles. The van der Waals surface area contributed by atoms with Crippen molar-refractivity contribution >= 4 is 23.3 Å². The number of aromatic nitrogens is 2. The Kier molecular flexibility index (Phi) is 7.15. The molecule has 3 aromatic rings. The van der Waals surface area contributed by atoms with Gasteiger partial charge in [-0.1, -0.05) is 23.7 Å². The topological polar surface area (TPSA) is 115 Å². The van der Waals surface area contributed by atoms with E-state index in [1.54, 1.807) is 12.1 Å². The number of aryl methyl sites for hydroxylation is 1. The standard InChI is InChI=1S/C20H15ClF3N3O7/c1-26-18(20(22,23)24)17(21)19(25-26)33-11-7-8-12(27(29)30)15(9-11)34-14-6-4-3-5-13(14)32-10-16(28)31-2/h3-9H,10H2,1-2H3. The highest BCUT2D eigenvalue weighted by molar-refractivity contribution is 6.32. The van der Waals surface area contributed by atoms with Gasteiger partial charge in [-0.05, 0) is 18.2 Å². The monoisotopic (exact) mass is 501 g/mol. The number of ether oxygens (including phenoxy) is 4. The highest BCUT2D eigenvalue weighted by Crippen LogP contribution is 2.42. The Morgan fingerprint density at radius 2 is 1.82 bits per heavy atom. The summed E-state index contributed by atoms with van der Waals surface area (Å²) in [7, 11) is 2.21. The van der Waals surface area contributed by atoms with E-state index in [2.05, 4.69) is 9.84 Å². The molecule has 0 aliphatic rings. The van der Waals surface area contributed by atoms with Crippen LogP contribution in [-0.2, 0) is 22.8 Å². The second-order valence-electron chi connectivity index (χ2n) is 6.49. The Morgan fingerprint density at radius 3 is 2.41 bits per heavy atom. The summed E-state index contributed by atoms with van der Waals surface area (Å²) in [6.45, 7) is -0.443. The van der Waals surface area contributed by atoms with Gasteiger partial charge in [-0.25, -0.2) is 4.79 Å². The van der Waals surface area contributed by atoms with Gasteiger partial charge in [0.2, 0.25) is 5.75 Å². The Hall–Kier alpha value is -4.00. The SMILES string of the molecule is COC(=O)COc1ccccc1Oc1cc(Oc2nn(C)c(C(F)(F)F)c2Cl)ccc1[N+](=O)[O-]. The second-order valence-corrected chi connectivity index (χ2v) is 6.87. The Labute approximate surface area is 194 Å². The maximum absolute atomic E-state index is 13.1. The number of hydrogen-bond acceptors (Lipinski definition) is 8. The minimum atomic E-state index is -4.78. The van der Waals surface area contributed by atoms with Gasteiger partial charge in [0.05, 0.1) is 12.0 Å². The van der Waals surface area contributed by atoms with Gasteiger partial charge in [0.25, 0.3) is 5.88 Å². The molecule has 0 fully saturated rings. The maximum Gasteiger partial charge on any atom is 0.434 e. The van der Waals surface area contributed by atoms with Crippen LogP contribution >= 0.6 is 11.6 Å². The number of alkyl halides is 3. The van der Waals surface area contributed by atoms with Crippen LogP contribution in [0.2, 0.25) is 5.02 Å². The first-order valence-corrected chi connectivity index (χ1v) is 9.61. The quantitative estimate of drug-likeness (QED) is 0.237. The lowest BCUT2D eigenvalue weighted by Gasteiger charge is -2.12. The van der Waals surface area contributed by atoms with Gasteiger partial charge in [0.15, 0.2) is 23.8 Å². The minimum Gasteiger partial charge on any atom is -0.478 e. The van der Waals surface area contributed by atoms with Crippen LogP contribution in [0.15, 0.2) is 42.5 Å².